The van der Waals surface area contributed by atoms with Crippen molar-refractivity contribution in [1.29, 1.82) is 0 Å². The molecule has 3 nitrogen and oxygen atoms in total. The molecular formula is C26H47F9GeN3Zr. The van der Waals surface area contributed by atoms with Crippen molar-refractivity contribution < 1.29 is 65.7 Å². The summed E-state index contributed by atoms with van der Waals surface area (Å²) in [4.78, 5) is 0. The van der Waals surface area contributed by atoms with Gasteiger partial charge in [0.15, 0.2) is 0 Å². The fraction of sp³-hybridized carbons (Fsp3) is 0.808. The van der Waals surface area contributed by atoms with E-state index in [4.69, 9.17) is 0 Å². The van der Waals surface area contributed by atoms with Crippen molar-refractivity contribution in [2.24, 2.45) is 0 Å². The molecule has 0 aromatic heterocycles. The molecule has 1 aromatic carbocycles. The van der Waals surface area contributed by atoms with E-state index in [1.807, 2.05) is 30.3 Å². The summed E-state index contributed by atoms with van der Waals surface area (Å²) in [6.07, 6.45) is 7.17. The summed E-state index contributed by atoms with van der Waals surface area (Å²) in [6.45, 7) is 19.2. The topological polar surface area (TPSA) is 42.3 Å². The Morgan fingerprint density at radius 2 is 0.675 bits per heavy atom. The van der Waals surface area contributed by atoms with Crippen molar-refractivity contribution in [3.05, 3.63) is 46.3 Å². The first-order valence-corrected chi connectivity index (χ1v) is 16.4. The van der Waals surface area contributed by atoms with E-state index >= 15 is 0 Å². The molecule has 0 aliphatic heterocycles. The summed E-state index contributed by atoms with van der Waals surface area (Å²) in [7, 11) is 0. The molecule has 0 atom stereocenters. The number of rotatable bonds is 12. The maximum atomic E-state index is 11.3. The van der Waals surface area contributed by atoms with Crippen LogP contribution in [0.5, 0.6) is 0 Å². The number of hydrogen-bond acceptors (Lipinski definition) is 0. The van der Waals surface area contributed by atoms with Gasteiger partial charge in [0.1, 0.15) is 0 Å². The number of alkyl halides is 9. The Morgan fingerprint density at radius 1 is 0.475 bits per heavy atom. The largest absolute Gasteiger partial charge is 4.00 e. The predicted molar refractivity (Wildman–Crippen MR) is 147 cm³/mol. The zero-order valence-electron chi connectivity index (χ0n) is 24.6. The first kappa shape index (κ1) is 49.7. The molecule has 0 aliphatic carbocycles. The Kier molecular flexibility index (Phi) is 41.6. The van der Waals surface area contributed by atoms with Gasteiger partial charge >= 0.3 is 95.1 Å². The minimum Gasteiger partial charge on any atom is -0.214 e. The Bertz CT molecular complexity index is 471. The fourth-order valence-corrected chi connectivity index (χ4v) is 4.11. The molecule has 0 unspecified atom stereocenters. The smallest absolute Gasteiger partial charge is 0.214 e. The van der Waals surface area contributed by atoms with Crippen LogP contribution in [0, 0.1) is 0 Å². The second kappa shape index (κ2) is 33.5. The summed E-state index contributed by atoms with van der Waals surface area (Å²) < 4.78 is 102. The van der Waals surface area contributed by atoms with Crippen LogP contribution in [0.15, 0.2) is 30.3 Å². The third-order valence-electron chi connectivity index (χ3n) is 3.70. The van der Waals surface area contributed by atoms with Gasteiger partial charge in [0, 0.05) is 0 Å². The maximum Gasteiger partial charge on any atom is 4.00 e. The molecule has 0 amide bonds. The Morgan fingerprint density at radius 3 is 0.750 bits per heavy atom. The summed E-state index contributed by atoms with van der Waals surface area (Å²) >= 11 is -7.10. The van der Waals surface area contributed by atoms with Crippen molar-refractivity contribution in [3.63, 3.8) is 0 Å². The average Bonchev–Trinajstić information content (AvgIpc) is 3.39. The van der Waals surface area contributed by atoms with Crippen LogP contribution in [0.2, 0.25) is 0 Å². The van der Waals surface area contributed by atoms with E-state index in [0.717, 1.165) is 39.3 Å². The third-order valence-corrected chi connectivity index (χ3v) is 7.26. The Balaban J connectivity index is -0.000000132. The normalized spacial score (nSPS) is 10.9. The summed E-state index contributed by atoms with van der Waals surface area (Å²) in [6, 6.07) is 10.0. The van der Waals surface area contributed by atoms with Gasteiger partial charge in [-0.15, -0.1) is 39.3 Å². The van der Waals surface area contributed by atoms with Gasteiger partial charge in [-0.25, -0.2) is 12.1 Å². The molecule has 1 aromatic rings. The zero-order chi connectivity index (χ0) is 31.2. The predicted octanol–water partition coefficient (Wildman–Crippen LogP) is 10.7. The second-order valence-electron chi connectivity index (χ2n) is 7.84. The second-order valence-corrected chi connectivity index (χ2v) is 13.0. The van der Waals surface area contributed by atoms with Crippen molar-refractivity contribution in [3.8, 4) is 0 Å². The molecule has 0 spiro atoms. The van der Waals surface area contributed by atoms with Gasteiger partial charge in [-0.05, 0) is 0 Å². The molecule has 40 heavy (non-hydrogen) atoms. The third kappa shape index (κ3) is 42.5. The van der Waals surface area contributed by atoms with E-state index in [-0.39, 0.29) is 26.2 Å². The van der Waals surface area contributed by atoms with Crippen molar-refractivity contribution in [1.82, 2.24) is 0 Å². The molecule has 0 heterocycles. The van der Waals surface area contributed by atoms with Crippen molar-refractivity contribution in [2.45, 2.75) is 95.1 Å². The van der Waals surface area contributed by atoms with Crippen LogP contribution < -0.4 is 0 Å². The Hall–Kier alpha value is 0.0260. The van der Waals surface area contributed by atoms with Crippen LogP contribution in [0.1, 0.15) is 80.1 Å². The van der Waals surface area contributed by atoms with E-state index in [9.17, 15) is 39.5 Å². The minimum atomic E-state index is -7.10. The summed E-state index contributed by atoms with van der Waals surface area (Å²) in [5.41, 5.74) is 0. The molecular weight excluding hydrogens is 689 g/mol. The van der Waals surface area contributed by atoms with Crippen LogP contribution in [-0.2, 0) is 26.2 Å². The molecule has 0 saturated carbocycles. The SMILES string of the molecule is CCC[N-]CCC.CCC[N-]CCC.CCC[N-]CCC.F[C](F)(F)[Ge]([C](F)(F)F)[C](F)(F)F.[Zr+4].c1cc[cH-]c1. The van der Waals surface area contributed by atoms with Gasteiger partial charge in [0.2, 0.25) is 0 Å². The van der Waals surface area contributed by atoms with E-state index in [1.54, 1.807) is 0 Å². The number of nitrogens with zero attached hydrogens (tertiary/aromatic N) is 3. The standard InChI is InChI=1S/3C6H14N.C5H5.C3F9Ge.Zr/c3*1-3-5-7-6-4-2;1-2-4-5-3-1;4-1(5,6)13(2(7,8)9)3(10,11)12;/h3*3-6H2,1-2H3;1-5H;;/q4*-1;;+4. The van der Waals surface area contributed by atoms with E-state index in [2.05, 4.69) is 57.5 Å². The van der Waals surface area contributed by atoms with E-state index in [1.165, 1.54) is 38.5 Å². The molecule has 0 aliphatic rings. The number of hydrogen-bond donors (Lipinski definition) is 0. The van der Waals surface area contributed by atoms with Crippen LogP contribution >= 0.6 is 0 Å². The van der Waals surface area contributed by atoms with Gasteiger partial charge in [0.25, 0.3) is 0 Å². The molecule has 0 N–H and O–H groups in total. The molecule has 1 rings (SSSR count). The van der Waals surface area contributed by atoms with Crippen LogP contribution in [-0.4, -0.2) is 68.6 Å². The molecule has 14 heteroatoms. The molecule has 237 valence electrons. The van der Waals surface area contributed by atoms with Gasteiger partial charge in [-0.3, -0.25) is 0 Å². The van der Waals surface area contributed by atoms with Gasteiger partial charge in [-0.1, -0.05) is 80.1 Å². The zero-order valence-corrected chi connectivity index (χ0v) is 29.2. The molecule has 0 fully saturated rings. The van der Waals surface area contributed by atoms with E-state index < -0.39 is 29.4 Å². The molecule has 1 radical (unpaired) electrons. The van der Waals surface area contributed by atoms with Gasteiger partial charge in [-0.2, -0.15) is 18.2 Å². The molecule has 0 bridgehead atoms. The van der Waals surface area contributed by atoms with Crippen LogP contribution in [0.25, 0.3) is 16.0 Å². The van der Waals surface area contributed by atoms with Gasteiger partial charge < -0.3 is 16.0 Å². The first-order valence-electron chi connectivity index (χ1n) is 13.3. The van der Waals surface area contributed by atoms with Crippen molar-refractivity contribution >= 4 is 14.3 Å². The van der Waals surface area contributed by atoms with E-state index in [0.29, 0.717) is 0 Å². The quantitative estimate of drug-likeness (QED) is 0.0888. The molecule has 0 saturated heterocycles. The number of halogens is 9. The van der Waals surface area contributed by atoms with Crippen LogP contribution in [0.4, 0.5) is 39.5 Å². The first-order chi connectivity index (χ1) is 18.1. The Labute approximate surface area is 259 Å². The fourth-order valence-electron chi connectivity index (χ4n) is 2.09. The maximum absolute atomic E-state index is 11.3. The average molecular weight is 736 g/mol. The monoisotopic (exact) mass is 736 g/mol. The van der Waals surface area contributed by atoms with Gasteiger partial charge in [0.05, 0.1) is 0 Å². The summed E-state index contributed by atoms with van der Waals surface area (Å²) in [5, 5.41) is -5.97. The van der Waals surface area contributed by atoms with Crippen LogP contribution in [0.3, 0.4) is 0 Å². The summed E-state index contributed by atoms with van der Waals surface area (Å²) in [5.74, 6) is 0. The van der Waals surface area contributed by atoms with Crippen molar-refractivity contribution in [2.75, 3.05) is 39.3 Å². The minimum absolute atomic E-state index is 0.